The Labute approximate surface area is 154 Å². The van der Waals surface area contributed by atoms with Crippen LogP contribution in [0.25, 0.3) is 22.5 Å². The number of hydrogen-bond acceptors (Lipinski definition) is 4. The average molecular weight is 350 g/mol. The van der Waals surface area contributed by atoms with Gasteiger partial charge in [0.25, 0.3) is 0 Å². The van der Waals surface area contributed by atoms with Crippen molar-refractivity contribution in [1.82, 2.24) is 20.6 Å². The van der Waals surface area contributed by atoms with Crippen LogP contribution < -0.4 is 4.74 Å². The van der Waals surface area contributed by atoms with E-state index in [0.717, 1.165) is 35.5 Å². The highest BCUT2D eigenvalue weighted by molar-refractivity contribution is 5.67. The molecule has 2 aromatic carbocycles. The summed E-state index contributed by atoms with van der Waals surface area (Å²) in [6.07, 6.45) is 7.68. The van der Waals surface area contributed by atoms with E-state index in [1.54, 1.807) is 0 Å². The molecule has 0 spiro atoms. The van der Waals surface area contributed by atoms with Crippen molar-refractivity contribution in [3.63, 3.8) is 0 Å². The van der Waals surface area contributed by atoms with E-state index in [-0.39, 0.29) is 0 Å². The predicted octanol–water partition coefficient (Wildman–Crippen LogP) is 5.27. The molecule has 3 rings (SSSR count). The molecular weight excluding hydrogens is 324 g/mol. The van der Waals surface area contributed by atoms with Gasteiger partial charge in [-0.25, -0.2) is 0 Å². The molecule has 0 aliphatic carbocycles. The minimum atomic E-state index is 0.606. The van der Waals surface area contributed by atoms with Crippen molar-refractivity contribution in [2.24, 2.45) is 0 Å². The van der Waals surface area contributed by atoms with Gasteiger partial charge in [-0.15, -0.1) is 10.2 Å². The van der Waals surface area contributed by atoms with Gasteiger partial charge in [0.2, 0.25) is 5.82 Å². The molecule has 0 atom stereocenters. The summed E-state index contributed by atoms with van der Waals surface area (Å²) < 4.78 is 5.84. The lowest BCUT2D eigenvalue weighted by atomic mass is 10.0. The Bertz CT molecular complexity index is 752. The van der Waals surface area contributed by atoms with E-state index < -0.39 is 0 Å². The van der Waals surface area contributed by atoms with Crippen molar-refractivity contribution in [3.8, 4) is 28.3 Å². The Kier molecular flexibility index (Phi) is 6.76. The van der Waals surface area contributed by atoms with Crippen LogP contribution in [0.15, 0.2) is 48.5 Å². The molecular formula is C21H26N4O. The standard InChI is InChI=1S/C21H26N4O/c1-2-3-4-5-6-7-16-26-20-14-12-18(13-15-20)17-8-10-19(11-9-17)21-22-24-25-23-21/h8-15H,2-7,16H2,1H3,(H,22,23,24,25). The minimum absolute atomic E-state index is 0.606. The molecule has 0 bridgehead atoms. The second-order valence-corrected chi connectivity index (χ2v) is 6.45. The molecule has 1 N–H and O–H groups in total. The van der Waals surface area contributed by atoms with Crippen LogP contribution in [0.2, 0.25) is 0 Å². The quantitative estimate of drug-likeness (QED) is 0.506. The molecule has 0 saturated carbocycles. The topological polar surface area (TPSA) is 63.7 Å². The van der Waals surface area contributed by atoms with E-state index in [9.17, 15) is 0 Å². The average Bonchev–Trinajstić information content (AvgIpc) is 3.23. The van der Waals surface area contributed by atoms with Crippen LogP contribution in [0.1, 0.15) is 45.4 Å². The monoisotopic (exact) mass is 350 g/mol. The van der Waals surface area contributed by atoms with Crippen LogP contribution in [0.3, 0.4) is 0 Å². The summed E-state index contributed by atoms with van der Waals surface area (Å²) >= 11 is 0. The number of nitrogens with one attached hydrogen (secondary N) is 1. The van der Waals surface area contributed by atoms with Crippen molar-refractivity contribution >= 4 is 0 Å². The Hall–Kier alpha value is -2.69. The van der Waals surface area contributed by atoms with Gasteiger partial charge in [0.05, 0.1) is 6.61 Å². The maximum atomic E-state index is 5.84. The number of tetrazole rings is 1. The molecule has 0 aliphatic heterocycles. The van der Waals surface area contributed by atoms with E-state index in [4.69, 9.17) is 4.74 Å². The first-order chi connectivity index (χ1) is 12.9. The molecule has 0 fully saturated rings. The maximum absolute atomic E-state index is 5.84. The van der Waals surface area contributed by atoms with Crippen molar-refractivity contribution in [2.45, 2.75) is 45.4 Å². The van der Waals surface area contributed by atoms with Gasteiger partial charge < -0.3 is 4.74 Å². The van der Waals surface area contributed by atoms with Gasteiger partial charge >= 0.3 is 0 Å². The van der Waals surface area contributed by atoms with Crippen LogP contribution >= 0.6 is 0 Å². The number of ether oxygens (including phenoxy) is 1. The second-order valence-electron chi connectivity index (χ2n) is 6.45. The lowest BCUT2D eigenvalue weighted by Crippen LogP contribution is -1.97. The van der Waals surface area contributed by atoms with Crippen LogP contribution in [-0.2, 0) is 0 Å². The van der Waals surface area contributed by atoms with Crippen molar-refractivity contribution in [1.29, 1.82) is 0 Å². The normalized spacial score (nSPS) is 10.8. The zero-order valence-corrected chi connectivity index (χ0v) is 15.3. The molecule has 5 nitrogen and oxygen atoms in total. The fraction of sp³-hybridized carbons (Fsp3) is 0.381. The van der Waals surface area contributed by atoms with Crippen molar-refractivity contribution in [3.05, 3.63) is 48.5 Å². The van der Waals surface area contributed by atoms with Gasteiger partial charge in [-0.1, -0.05) is 75.4 Å². The first-order valence-electron chi connectivity index (χ1n) is 9.44. The summed E-state index contributed by atoms with van der Waals surface area (Å²) in [6, 6.07) is 16.4. The molecule has 0 radical (unpaired) electrons. The molecule has 136 valence electrons. The largest absolute Gasteiger partial charge is 0.494 e. The van der Waals surface area contributed by atoms with Crippen LogP contribution in [-0.4, -0.2) is 27.2 Å². The Morgan fingerprint density at radius 1 is 0.769 bits per heavy atom. The third kappa shape index (κ3) is 5.15. The summed E-state index contributed by atoms with van der Waals surface area (Å²) in [5.74, 6) is 1.54. The van der Waals surface area contributed by atoms with Gasteiger partial charge in [0.15, 0.2) is 0 Å². The number of nitrogens with zero attached hydrogens (tertiary/aromatic N) is 3. The molecule has 3 aromatic rings. The molecule has 0 amide bonds. The fourth-order valence-corrected chi connectivity index (χ4v) is 2.91. The minimum Gasteiger partial charge on any atom is -0.494 e. The molecule has 1 heterocycles. The lowest BCUT2D eigenvalue weighted by Gasteiger charge is -2.08. The third-order valence-corrected chi connectivity index (χ3v) is 4.44. The molecule has 26 heavy (non-hydrogen) atoms. The lowest BCUT2D eigenvalue weighted by molar-refractivity contribution is 0.304. The van der Waals surface area contributed by atoms with E-state index >= 15 is 0 Å². The van der Waals surface area contributed by atoms with Crippen LogP contribution in [0.5, 0.6) is 5.75 Å². The highest BCUT2D eigenvalue weighted by Crippen LogP contribution is 2.25. The summed E-state index contributed by atoms with van der Waals surface area (Å²) in [4.78, 5) is 0. The Morgan fingerprint density at radius 3 is 2.04 bits per heavy atom. The van der Waals surface area contributed by atoms with Gasteiger partial charge in [-0.2, -0.15) is 5.21 Å². The number of rotatable bonds is 10. The smallest absolute Gasteiger partial charge is 0.204 e. The number of aromatic nitrogens is 4. The first kappa shape index (κ1) is 18.1. The predicted molar refractivity (Wildman–Crippen MR) is 104 cm³/mol. The molecule has 0 aliphatic rings. The van der Waals surface area contributed by atoms with Crippen molar-refractivity contribution < 1.29 is 4.74 Å². The summed E-state index contributed by atoms with van der Waals surface area (Å²) in [6.45, 7) is 3.04. The number of benzene rings is 2. The summed E-state index contributed by atoms with van der Waals surface area (Å²) in [5.41, 5.74) is 3.26. The Balaban J connectivity index is 1.48. The SMILES string of the molecule is CCCCCCCCOc1ccc(-c2ccc(-c3nn[nH]n3)cc2)cc1. The number of hydrogen-bond donors (Lipinski definition) is 1. The second kappa shape index (κ2) is 9.70. The van der Waals surface area contributed by atoms with Crippen LogP contribution in [0.4, 0.5) is 0 Å². The van der Waals surface area contributed by atoms with E-state index in [1.165, 1.54) is 32.1 Å². The third-order valence-electron chi connectivity index (χ3n) is 4.44. The van der Waals surface area contributed by atoms with Gasteiger partial charge in [0, 0.05) is 5.56 Å². The van der Waals surface area contributed by atoms with E-state index in [0.29, 0.717) is 5.82 Å². The molecule has 0 saturated heterocycles. The van der Waals surface area contributed by atoms with Gasteiger partial charge in [0.1, 0.15) is 5.75 Å². The maximum Gasteiger partial charge on any atom is 0.204 e. The first-order valence-corrected chi connectivity index (χ1v) is 9.44. The summed E-state index contributed by atoms with van der Waals surface area (Å²) in [7, 11) is 0. The molecule has 0 unspecified atom stereocenters. The summed E-state index contributed by atoms with van der Waals surface area (Å²) in [5, 5.41) is 14.0. The number of unbranched alkanes of at least 4 members (excludes halogenated alkanes) is 5. The van der Waals surface area contributed by atoms with Gasteiger partial charge in [-0.05, 0) is 34.9 Å². The fourth-order valence-electron chi connectivity index (χ4n) is 2.91. The van der Waals surface area contributed by atoms with E-state index in [2.05, 4.69) is 51.8 Å². The molecule has 5 heteroatoms. The van der Waals surface area contributed by atoms with Gasteiger partial charge in [-0.3, -0.25) is 0 Å². The van der Waals surface area contributed by atoms with Crippen LogP contribution in [0, 0.1) is 0 Å². The zero-order chi connectivity index (χ0) is 18.0. The number of H-pyrrole nitrogens is 1. The molecule has 1 aromatic heterocycles. The zero-order valence-electron chi connectivity index (χ0n) is 15.3. The highest BCUT2D eigenvalue weighted by atomic mass is 16.5. The number of aromatic amines is 1. The highest BCUT2D eigenvalue weighted by Gasteiger charge is 2.04. The Morgan fingerprint density at radius 2 is 1.38 bits per heavy atom. The van der Waals surface area contributed by atoms with Crippen molar-refractivity contribution in [2.75, 3.05) is 6.61 Å². The van der Waals surface area contributed by atoms with E-state index in [1.807, 2.05) is 24.3 Å².